The van der Waals surface area contributed by atoms with Gasteiger partial charge in [0.05, 0.1) is 30.5 Å². The van der Waals surface area contributed by atoms with E-state index in [-0.39, 0.29) is 4.90 Å². The molecule has 178 valence electrons. The fourth-order valence-electron chi connectivity index (χ4n) is 3.15. The number of anilines is 1. The maximum absolute atomic E-state index is 12.9. The van der Waals surface area contributed by atoms with Crippen LogP contribution >= 0.6 is 0 Å². The van der Waals surface area contributed by atoms with Gasteiger partial charge in [-0.05, 0) is 68.4 Å². The molecule has 0 fully saturated rings. The van der Waals surface area contributed by atoms with E-state index in [9.17, 15) is 13.2 Å². The molecule has 0 heterocycles. The summed E-state index contributed by atoms with van der Waals surface area (Å²) >= 11 is 0. The van der Waals surface area contributed by atoms with Crippen molar-refractivity contribution in [3.8, 4) is 11.5 Å². The SMILES string of the molecule is COc1ccc(/C(C)=N\NC(=O)c2ccc(N(C)S(=O)(=O)c3ccc(C)cc3)cc2)cc1OC. The van der Waals surface area contributed by atoms with Gasteiger partial charge < -0.3 is 9.47 Å². The molecule has 0 unspecified atom stereocenters. The molecule has 0 aliphatic carbocycles. The highest BCUT2D eigenvalue weighted by atomic mass is 32.2. The Labute approximate surface area is 199 Å². The van der Waals surface area contributed by atoms with Crippen molar-refractivity contribution in [3.63, 3.8) is 0 Å². The summed E-state index contributed by atoms with van der Waals surface area (Å²) in [4.78, 5) is 12.7. The van der Waals surface area contributed by atoms with Gasteiger partial charge in [0, 0.05) is 18.2 Å². The number of ether oxygens (including phenoxy) is 2. The van der Waals surface area contributed by atoms with Gasteiger partial charge in [-0.1, -0.05) is 17.7 Å². The molecule has 0 aliphatic rings. The van der Waals surface area contributed by atoms with Crippen LogP contribution in [0.5, 0.6) is 11.5 Å². The fourth-order valence-corrected chi connectivity index (χ4v) is 4.35. The fraction of sp³-hybridized carbons (Fsp3) is 0.200. The Morgan fingerprint density at radius 1 is 0.882 bits per heavy atom. The number of aryl methyl sites for hydroxylation is 1. The van der Waals surface area contributed by atoms with Crippen LogP contribution in [0.4, 0.5) is 5.69 Å². The molecular weight excluding hydrogens is 454 g/mol. The summed E-state index contributed by atoms with van der Waals surface area (Å²) in [5, 5.41) is 4.16. The van der Waals surface area contributed by atoms with Crippen LogP contribution < -0.4 is 19.2 Å². The topological polar surface area (TPSA) is 97.3 Å². The summed E-state index contributed by atoms with van der Waals surface area (Å²) in [6, 6.07) is 18.2. The molecule has 1 N–H and O–H groups in total. The van der Waals surface area contributed by atoms with Gasteiger partial charge >= 0.3 is 0 Å². The minimum atomic E-state index is -3.71. The van der Waals surface area contributed by atoms with Crippen molar-refractivity contribution in [2.75, 3.05) is 25.6 Å². The Balaban J connectivity index is 1.72. The number of nitrogens with zero attached hydrogens (tertiary/aromatic N) is 2. The standard InChI is InChI=1S/C25H27N3O5S/c1-17-6-13-22(14-7-17)34(30,31)28(3)21-11-8-19(9-12-21)25(29)27-26-18(2)20-10-15-23(32-4)24(16-20)33-5/h6-16H,1-5H3,(H,27,29)/b26-18-. The molecule has 9 heteroatoms. The van der Waals surface area contributed by atoms with Crippen molar-refractivity contribution in [2.24, 2.45) is 5.10 Å². The van der Waals surface area contributed by atoms with Crippen LogP contribution in [-0.2, 0) is 10.0 Å². The second-order valence-electron chi connectivity index (χ2n) is 7.54. The van der Waals surface area contributed by atoms with Gasteiger partial charge in [0.2, 0.25) is 0 Å². The van der Waals surface area contributed by atoms with Crippen molar-refractivity contribution < 1.29 is 22.7 Å². The second-order valence-corrected chi connectivity index (χ2v) is 9.51. The third kappa shape index (κ3) is 5.37. The van der Waals surface area contributed by atoms with Crippen LogP contribution in [0.2, 0.25) is 0 Å². The summed E-state index contributed by atoms with van der Waals surface area (Å²) in [6.07, 6.45) is 0. The molecule has 0 radical (unpaired) electrons. The number of nitrogens with one attached hydrogen (secondary N) is 1. The van der Waals surface area contributed by atoms with Crippen LogP contribution in [0, 0.1) is 6.92 Å². The Morgan fingerprint density at radius 2 is 1.47 bits per heavy atom. The summed E-state index contributed by atoms with van der Waals surface area (Å²) in [5.74, 6) is 0.731. The first kappa shape index (κ1) is 24.8. The zero-order valence-electron chi connectivity index (χ0n) is 19.7. The molecule has 1 amide bonds. The maximum Gasteiger partial charge on any atom is 0.271 e. The largest absolute Gasteiger partial charge is 0.493 e. The van der Waals surface area contributed by atoms with E-state index in [2.05, 4.69) is 10.5 Å². The molecule has 0 saturated heterocycles. The van der Waals surface area contributed by atoms with E-state index in [1.807, 2.05) is 13.0 Å². The molecule has 0 spiro atoms. The molecule has 3 aromatic rings. The van der Waals surface area contributed by atoms with Crippen molar-refractivity contribution in [2.45, 2.75) is 18.7 Å². The molecule has 34 heavy (non-hydrogen) atoms. The van der Waals surface area contributed by atoms with Gasteiger partial charge in [0.15, 0.2) is 11.5 Å². The Kier molecular flexibility index (Phi) is 7.57. The number of hydrogen-bond acceptors (Lipinski definition) is 6. The van der Waals surface area contributed by atoms with Crippen LogP contribution in [0.3, 0.4) is 0 Å². The van der Waals surface area contributed by atoms with Gasteiger partial charge in [-0.2, -0.15) is 5.10 Å². The molecule has 3 aromatic carbocycles. The Bertz CT molecular complexity index is 1300. The van der Waals surface area contributed by atoms with E-state index < -0.39 is 15.9 Å². The highest BCUT2D eigenvalue weighted by molar-refractivity contribution is 7.92. The smallest absolute Gasteiger partial charge is 0.271 e. The first-order chi connectivity index (χ1) is 16.2. The number of sulfonamides is 1. The van der Waals surface area contributed by atoms with E-state index in [1.54, 1.807) is 81.8 Å². The highest BCUT2D eigenvalue weighted by Crippen LogP contribution is 2.28. The molecule has 0 atom stereocenters. The normalized spacial score (nSPS) is 11.6. The van der Waals surface area contributed by atoms with Gasteiger partial charge in [-0.3, -0.25) is 9.10 Å². The number of rotatable bonds is 8. The summed E-state index contributed by atoms with van der Waals surface area (Å²) in [5.41, 5.74) is 5.60. The lowest BCUT2D eigenvalue weighted by Gasteiger charge is -2.19. The number of carbonyl (C=O) groups excluding carboxylic acids is 1. The third-order valence-electron chi connectivity index (χ3n) is 5.30. The number of amides is 1. The molecular formula is C25H27N3O5S. The lowest BCUT2D eigenvalue weighted by Crippen LogP contribution is -2.26. The second kappa shape index (κ2) is 10.4. The Morgan fingerprint density at radius 3 is 2.06 bits per heavy atom. The average Bonchev–Trinajstić information content (AvgIpc) is 2.86. The van der Waals surface area contributed by atoms with Crippen LogP contribution in [0.15, 0.2) is 76.7 Å². The summed E-state index contributed by atoms with van der Waals surface area (Å²) < 4.78 is 37.4. The van der Waals surface area contributed by atoms with Crippen molar-refractivity contribution in [1.82, 2.24) is 5.43 Å². The maximum atomic E-state index is 12.9. The predicted molar refractivity (Wildman–Crippen MR) is 132 cm³/mol. The van der Waals surface area contributed by atoms with E-state index in [4.69, 9.17) is 9.47 Å². The number of hydrazone groups is 1. The Hall–Kier alpha value is -3.85. The van der Waals surface area contributed by atoms with Gasteiger partial charge in [-0.25, -0.2) is 13.8 Å². The zero-order chi connectivity index (χ0) is 24.9. The third-order valence-corrected chi connectivity index (χ3v) is 7.10. The van der Waals surface area contributed by atoms with Crippen molar-refractivity contribution >= 4 is 27.3 Å². The number of methoxy groups -OCH3 is 2. The average molecular weight is 482 g/mol. The van der Waals surface area contributed by atoms with Crippen LogP contribution in [0.1, 0.15) is 28.4 Å². The van der Waals surface area contributed by atoms with Gasteiger partial charge in [0.1, 0.15) is 0 Å². The first-order valence-electron chi connectivity index (χ1n) is 10.4. The number of carbonyl (C=O) groups is 1. The lowest BCUT2D eigenvalue weighted by atomic mass is 10.1. The van der Waals surface area contributed by atoms with E-state index in [0.717, 1.165) is 11.1 Å². The molecule has 3 rings (SSSR count). The minimum absolute atomic E-state index is 0.197. The van der Waals surface area contributed by atoms with Crippen LogP contribution in [-0.4, -0.2) is 41.3 Å². The first-order valence-corrected chi connectivity index (χ1v) is 11.8. The van der Waals surface area contributed by atoms with Gasteiger partial charge in [-0.15, -0.1) is 0 Å². The van der Waals surface area contributed by atoms with Gasteiger partial charge in [0.25, 0.3) is 15.9 Å². The lowest BCUT2D eigenvalue weighted by molar-refractivity contribution is 0.0955. The highest BCUT2D eigenvalue weighted by Gasteiger charge is 2.21. The molecule has 0 saturated carbocycles. The number of hydrogen-bond donors (Lipinski definition) is 1. The zero-order valence-corrected chi connectivity index (χ0v) is 20.5. The predicted octanol–water partition coefficient (Wildman–Crippen LogP) is 3.99. The van der Waals surface area contributed by atoms with Crippen LogP contribution in [0.25, 0.3) is 0 Å². The summed E-state index contributed by atoms with van der Waals surface area (Å²) in [7, 11) is 0.860. The van der Waals surface area contributed by atoms with E-state index >= 15 is 0 Å². The molecule has 0 aromatic heterocycles. The summed E-state index contributed by atoms with van der Waals surface area (Å²) in [6.45, 7) is 3.65. The molecule has 8 nitrogen and oxygen atoms in total. The van der Waals surface area contributed by atoms with Crippen molar-refractivity contribution in [1.29, 1.82) is 0 Å². The quantitative estimate of drug-likeness (QED) is 0.388. The minimum Gasteiger partial charge on any atom is -0.493 e. The monoisotopic (exact) mass is 481 g/mol. The molecule has 0 aliphatic heterocycles. The van der Waals surface area contributed by atoms with E-state index in [1.165, 1.54) is 11.4 Å². The van der Waals surface area contributed by atoms with Crippen molar-refractivity contribution in [3.05, 3.63) is 83.4 Å². The van der Waals surface area contributed by atoms with E-state index in [0.29, 0.717) is 28.5 Å². The number of benzene rings is 3. The molecule has 0 bridgehead atoms.